The molecule has 4 nitrogen and oxygen atoms in total. The van der Waals surface area contributed by atoms with Crippen LogP contribution in [0.5, 0.6) is 0 Å². The van der Waals surface area contributed by atoms with Gasteiger partial charge in [-0.3, -0.25) is 4.68 Å². The third kappa shape index (κ3) is 2.38. The summed E-state index contributed by atoms with van der Waals surface area (Å²) in [6, 6.07) is 0.898. The fourth-order valence-corrected chi connectivity index (χ4v) is 1.89. The average Bonchev–Trinajstić information content (AvgIpc) is 2.78. The number of aromatic nitrogens is 2. The van der Waals surface area contributed by atoms with E-state index in [1.165, 1.54) is 5.56 Å². The summed E-state index contributed by atoms with van der Waals surface area (Å²) in [4.78, 5) is 0. The van der Waals surface area contributed by atoms with Crippen molar-refractivity contribution in [3.63, 3.8) is 0 Å². The number of ether oxygens (including phenoxy) is 1. The molecule has 2 heterocycles. The number of rotatable bonds is 3. The molecule has 84 valence electrons. The molecule has 0 aromatic carbocycles. The van der Waals surface area contributed by atoms with Gasteiger partial charge in [-0.25, -0.2) is 0 Å². The highest BCUT2D eigenvalue weighted by Gasteiger charge is 2.17. The van der Waals surface area contributed by atoms with Gasteiger partial charge in [0.2, 0.25) is 0 Å². The van der Waals surface area contributed by atoms with Gasteiger partial charge in [-0.15, -0.1) is 0 Å². The molecule has 1 aliphatic heterocycles. The van der Waals surface area contributed by atoms with Crippen LogP contribution in [-0.4, -0.2) is 30.0 Å². The molecule has 0 spiro atoms. The largest absolute Gasteiger partial charge is 0.381 e. The van der Waals surface area contributed by atoms with E-state index in [2.05, 4.69) is 28.2 Å². The fourth-order valence-electron chi connectivity index (χ4n) is 1.89. The van der Waals surface area contributed by atoms with Gasteiger partial charge in [0, 0.05) is 31.0 Å². The second-order valence-corrected chi connectivity index (χ2v) is 4.11. The second-order valence-electron chi connectivity index (χ2n) is 4.11. The van der Waals surface area contributed by atoms with E-state index in [-0.39, 0.29) is 0 Å². The first-order valence-corrected chi connectivity index (χ1v) is 5.60. The van der Waals surface area contributed by atoms with Crippen molar-refractivity contribution in [2.24, 2.45) is 0 Å². The molecule has 1 atom stereocenters. The van der Waals surface area contributed by atoms with Crippen LogP contribution in [0.15, 0.2) is 12.4 Å². The van der Waals surface area contributed by atoms with Gasteiger partial charge in [0.15, 0.2) is 0 Å². The van der Waals surface area contributed by atoms with Crippen LogP contribution in [0.3, 0.4) is 0 Å². The quantitative estimate of drug-likeness (QED) is 0.820. The van der Waals surface area contributed by atoms with E-state index in [4.69, 9.17) is 4.74 Å². The summed E-state index contributed by atoms with van der Waals surface area (Å²) in [5.74, 6) is 0. The Morgan fingerprint density at radius 1 is 1.53 bits per heavy atom. The van der Waals surface area contributed by atoms with Crippen LogP contribution in [0, 0.1) is 0 Å². The van der Waals surface area contributed by atoms with Crippen LogP contribution in [-0.2, 0) is 4.74 Å². The lowest BCUT2D eigenvalue weighted by atomic mass is 10.1. The minimum absolute atomic E-state index is 0.374. The summed E-state index contributed by atoms with van der Waals surface area (Å²) in [6.07, 6.45) is 6.26. The molecule has 4 heteroatoms. The second kappa shape index (κ2) is 4.77. The Kier molecular flexibility index (Phi) is 3.38. The van der Waals surface area contributed by atoms with Crippen molar-refractivity contribution in [2.45, 2.75) is 31.8 Å². The summed E-state index contributed by atoms with van der Waals surface area (Å²) in [5, 5.41) is 7.65. The van der Waals surface area contributed by atoms with E-state index in [0.717, 1.165) is 26.1 Å². The van der Waals surface area contributed by atoms with E-state index in [9.17, 15) is 0 Å². The van der Waals surface area contributed by atoms with E-state index < -0.39 is 0 Å². The smallest absolute Gasteiger partial charge is 0.0563 e. The van der Waals surface area contributed by atoms with E-state index in [1.54, 1.807) is 0 Å². The van der Waals surface area contributed by atoms with Crippen molar-refractivity contribution < 1.29 is 4.74 Å². The first-order chi connectivity index (χ1) is 7.31. The standard InChI is InChI=1S/C11H19N3O/c1-9(12-2)10-7-13-14(8-10)11-3-5-15-6-4-11/h7-9,11-12H,3-6H2,1-2H3. The molecule has 0 bridgehead atoms. The maximum Gasteiger partial charge on any atom is 0.0563 e. The monoisotopic (exact) mass is 209 g/mol. The Morgan fingerprint density at radius 3 is 2.93 bits per heavy atom. The Bertz CT molecular complexity index is 305. The maximum absolute atomic E-state index is 5.34. The molecule has 0 saturated carbocycles. The molecule has 1 aliphatic rings. The lowest BCUT2D eigenvalue weighted by Gasteiger charge is -2.22. The highest BCUT2D eigenvalue weighted by molar-refractivity contribution is 5.09. The van der Waals surface area contributed by atoms with Crippen molar-refractivity contribution in [2.75, 3.05) is 20.3 Å². The highest BCUT2D eigenvalue weighted by atomic mass is 16.5. The average molecular weight is 209 g/mol. The third-order valence-electron chi connectivity index (χ3n) is 3.12. The Labute approximate surface area is 90.6 Å². The van der Waals surface area contributed by atoms with Crippen molar-refractivity contribution >= 4 is 0 Å². The van der Waals surface area contributed by atoms with E-state index in [1.807, 2.05) is 13.2 Å². The minimum atomic E-state index is 0.374. The van der Waals surface area contributed by atoms with Crippen LogP contribution >= 0.6 is 0 Å². The van der Waals surface area contributed by atoms with Gasteiger partial charge >= 0.3 is 0 Å². The van der Waals surface area contributed by atoms with E-state index >= 15 is 0 Å². The van der Waals surface area contributed by atoms with E-state index in [0.29, 0.717) is 12.1 Å². The van der Waals surface area contributed by atoms with Crippen LogP contribution in [0.1, 0.15) is 37.4 Å². The van der Waals surface area contributed by atoms with Crippen LogP contribution in [0.4, 0.5) is 0 Å². The fraction of sp³-hybridized carbons (Fsp3) is 0.727. The summed E-state index contributed by atoms with van der Waals surface area (Å²) in [5.41, 5.74) is 1.25. The maximum atomic E-state index is 5.34. The lowest BCUT2D eigenvalue weighted by Crippen LogP contribution is -2.20. The topological polar surface area (TPSA) is 39.1 Å². The first-order valence-electron chi connectivity index (χ1n) is 5.60. The summed E-state index contributed by atoms with van der Waals surface area (Å²) in [7, 11) is 1.97. The van der Waals surface area contributed by atoms with Gasteiger partial charge in [0.25, 0.3) is 0 Å². The predicted octanol–water partition coefficient (Wildman–Crippen LogP) is 1.52. The Hall–Kier alpha value is -0.870. The molecule has 1 N–H and O–H groups in total. The molecule has 0 amide bonds. The van der Waals surface area contributed by atoms with Crippen LogP contribution < -0.4 is 5.32 Å². The minimum Gasteiger partial charge on any atom is -0.381 e. The molecule has 1 unspecified atom stereocenters. The van der Waals surface area contributed by atoms with Gasteiger partial charge in [0.05, 0.1) is 12.2 Å². The van der Waals surface area contributed by atoms with Gasteiger partial charge in [-0.2, -0.15) is 5.10 Å². The van der Waals surface area contributed by atoms with Gasteiger partial charge in [-0.1, -0.05) is 0 Å². The molecule has 2 rings (SSSR count). The molecule has 1 fully saturated rings. The highest BCUT2D eigenvalue weighted by Crippen LogP contribution is 2.21. The van der Waals surface area contributed by atoms with Crippen LogP contribution in [0.25, 0.3) is 0 Å². The predicted molar refractivity (Wildman–Crippen MR) is 58.8 cm³/mol. The van der Waals surface area contributed by atoms with Crippen molar-refractivity contribution in [1.29, 1.82) is 0 Å². The molecule has 1 aromatic heterocycles. The zero-order valence-electron chi connectivity index (χ0n) is 9.44. The zero-order valence-corrected chi connectivity index (χ0v) is 9.44. The van der Waals surface area contributed by atoms with Gasteiger partial charge in [0.1, 0.15) is 0 Å². The number of nitrogens with one attached hydrogen (secondary N) is 1. The SMILES string of the molecule is CNC(C)c1cnn(C2CCOCC2)c1. The first kappa shape index (κ1) is 10.6. The van der Waals surface area contributed by atoms with Gasteiger partial charge < -0.3 is 10.1 Å². The summed E-state index contributed by atoms with van der Waals surface area (Å²) >= 11 is 0. The zero-order chi connectivity index (χ0) is 10.7. The van der Waals surface area contributed by atoms with Crippen molar-refractivity contribution in [3.8, 4) is 0 Å². The molecule has 1 aromatic rings. The normalized spacial score (nSPS) is 20.4. The molecule has 0 aliphatic carbocycles. The number of hydrogen-bond donors (Lipinski definition) is 1. The Balaban J connectivity index is 2.05. The Morgan fingerprint density at radius 2 is 2.27 bits per heavy atom. The van der Waals surface area contributed by atoms with Gasteiger partial charge in [-0.05, 0) is 26.8 Å². The number of hydrogen-bond acceptors (Lipinski definition) is 3. The van der Waals surface area contributed by atoms with Crippen molar-refractivity contribution in [1.82, 2.24) is 15.1 Å². The number of nitrogens with zero attached hydrogens (tertiary/aromatic N) is 2. The molecule has 15 heavy (non-hydrogen) atoms. The molecule has 0 radical (unpaired) electrons. The summed E-state index contributed by atoms with van der Waals surface area (Å²) < 4.78 is 7.43. The molecular weight excluding hydrogens is 190 g/mol. The van der Waals surface area contributed by atoms with Crippen molar-refractivity contribution in [3.05, 3.63) is 18.0 Å². The summed E-state index contributed by atoms with van der Waals surface area (Å²) in [6.45, 7) is 3.87. The van der Waals surface area contributed by atoms with Crippen LogP contribution in [0.2, 0.25) is 0 Å². The molecule has 1 saturated heterocycles. The third-order valence-corrected chi connectivity index (χ3v) is 3.12. The lowest BCUT2D eigenvalue weighted by molar-refractivity contribution is 0.0662. The molecular formula is C11H19N3O.